The lowest BCUT2D eigenvalue weighted by molar-refractivity contribution is 0.493. The van der Waals surface area contributed by atoms with Gasteiger partial charge in [-0.2, -0.15) is 5.26 Å². The van der Waals surface area contributed by atoms with E-state index in [0.29, 0.717) is 0 Å². The minimum absolute atomic E-state index is 0.455. The largest absolute Gasteiger partial charge is 0.299 e. The maximum atomic E-state index is 9.21. The summed E-state index contributed by atoms with van der Waals surface area (Å²) >= 11 is 5.15. The van der Waals surface area contributed by atoms with Gasteiger partial charge < -0.3 is 0 Å². The zero-order valence-electron chi connectivity index (χ0n) is 10.2. The van der Waals surface area contributed by atoms with Crippen LogP contribution in [0.1, 0.15) is 20.3 Å². The van der Waals surface area contributed by atoms with Crippen LogP contribution in [0.2, 0.25) is 0 Å². The highest BCUT2D eigenvalue weighted by Crippen LogP contribution is 2.25. The van der Waals surface area contributed by atoms with Gasteiger partial charge in [-0.05, 0) is 38.1 Å². The van der Waals surface area contributed by atoms with Crippen LogP contribution < -0.4 is 5.32 Å². The van der Waals surface area contributed by atoms with Gasteiger partial charge in [0.2, 0.25) is 0 Å². The Balaban J connectivity index is 2.56. The first-order chi connectivity index (χ1) is 8.09. The number of rotatable bonds is 6. The topological polar surface area (TPSA) is 35.8 Å². The maximum Gasteiger partial charge on any atom is 0.113 e. The van der Waals surface area contributed by atoms with Crippen molar-refractivity contribution in [2.75, 3.05) is 12.3 Å². The van der Waals surface area contributed by atoms with E-state index < -0.39 is 5.54 Å². The van der Waals surface area contributed by atoms with E-state index in [4.69, 9.17) is 0 Å². The lowest BCUT2D eigenvalue weighted by Crippen LogP contribution is -2.43. The van der Waals surface area contributed by atoms with Gasteiger partial charge in [-0.25, -0.2) is 0 Å². The van der Waals surface area contributed by atoms with Crippen molar-refractivity contribution < 1.29 is 0 Å². The average molecular weight is 313 g/mol. The second-order valence-corrected chi connectivity index (χ2v) is 6.08. The third kappa shape index (κ3) is 5.12. The molecule has 4 heteroatoms. The molecule has 0 fully saturated rings. The zero-order chi connectivity index (χ0) is 12.7. The number of nitrogens with one attached hydrogen (secondary N) is 1. The Morgan fingerprint density at radius 3 is 2.88 bits per heavy atom. The molecule has 2 nitrogen and oxygen atoms in total. The number of halogens is 1. The highest BCUT2D eigenvalue weighted by Gasteiger charge is 2.22. The van der Waals surface area contributed by atoms with Crippen molar-refractivity contribution in [3.63, 3.8) is 0 Å². The molecule has 1 atom stereocenters. The van der Waals surface area contributed by atoms with Crippen molar-refractivity contribution in [2.24, 2.45) is 0 Å². The van der Waals surface area contributed by atoms with E-state index in [1.165, 1.54) is 4.90 Å². The van der Waals surface area contributed by atoms with E-state index in [2.05, 4.69) is 46.4 Å². The Kier molecular flexibility index (Phi) is 6.04. The van der Waals surface area contributed by atoms with Crippen molar-refractivity contribution >= 4 is 27.7 Å². The van der Waals surface area contributed by atoms with Crippen LogP contribution in [-0.4, -0.2) is 17.8 Å². The predicted octanol–water partition coefficient (Wildman–Crippen LogP) is 3.82. The number of hydrogen-bond acceptors (Lipinski definition) is 3. The van der Waals surface area contributed by atoms with Crippen LogP contribution in [0.3, 0.4) is 0 Å². The summed E-state index contributed by atoms with van der Waals surface area (Å²) in [5.41, 5.74) is -0.455. The van der Waals surface area contributed by atoms with Crippen molar-refractivity contribution in [3.8, 4) is 6.07 Å². The third-order valence-electron chi connectivity index (χ3n) is 2.34. The van der Waals surface area contributed by atoms with E-state index in [0.717, 1.165) is 23.2 Å². The molecule has 0 amide bonds. The smallest absolute Gasteiger partial charge is 0.113 e. The van der Waals surface area contributed by atoms with Gasteiger partial charge in [0.1, 0.15) is 5.54 Å². The van der Waals surface area contributed by atoms with Gasteiger partial charge in [0.05, 0.1) is 6.07 Å². The summed E-state index contributed by atoms with van der Waals surface area (Å²) in [6, 6.07) is 10.5. The van der Waals surface area contributed by atoms with Crippen molar-refractivity contribution in [1.82, 2.24) is 5.32 Å². The molecule has 17 heavy (non-hydrogen) atoms. The van der Waals surface area contributed by atoms with Gasteiger partial charge >= 0.3 is 0 Å². The molecule has 0 radical (unpaired) electrons. The quantitative estimate of drug-likeness (QED) is 0.811. The van der Waals surface area contributed by atoms with Gasteiger partial charge in [-0.3, -0.25) is 5.32 Å². The molecule has 1 N–H and O–H groups in total. The van der Waals surface area contributed by atoms with Crippen molar-refractivity contribution in [1.29, 1.82) is 5.26 Å². The molecule has 1 unspecified atom stereocenters. The number of benzene rings is 1. The van der Waals surface area contributed by atoms with Crippen LogP contribution >= 0.6 is 27.7 Å². The highest BCUT2D eigenvalue weighted by atomic mass is 79.9. The second-order valence-electron chi connectivity index (χ2n) is 4.12. The third-order valence-corrected chi connectivity index (χ3v) is 4.14. The Morgan fingerprint density at radius 2 is 2.29 bits per heavy atom. The number of thioether (sulfide) groups is 1. The fourth-order valence-corrected chi connectivity index (χ4v) is 2.87. The Morgan fingerprint density at radius 1 is 1.53 bits per heavy atom. The normalized spacial score (nSPS) is 14.0. The fraction of sp³-hybridized carbons (Fsp3) is 0.462. The van der Waals surface area contributed by atoms with E-state index in [9.17, 15) is 5.26 Å². The lowest BCUT2D eigenvalue weighted by Gasteiger charge is -2.22. The van der Waals surface area contributed by atoms with E-state index in [-0.39, 0.29) is 0 Å². The van der Waals surface area contributed by atoms with E-state index in [1.807, 2.05) is 19.1 Å². The molecule has 0 saturated heterocycles. The molecular weight excluding hydrogens is 296 g/mol. The van der Waals surface area contributed by atoms with Gasteiger partial charge in [0.15, 0.2) is 0 Å². The molecule has 1 rings (SSSR count). The molecule has 0 heterocycles. The average Bonchev–Trinajstić information content (AvgIpc) is 2.34. The van der Waals surface area contributed by atoms with Crippen LogP contribution in [0.25, 0.3) is 0 Å². The number of hydrogen-bond donors (Lipinski definition) is 1. The van der Waals surface area contributed by atoms with Crippen LogP contribution in [0.4, 0.5) is 0 Å². The molecule has 0 saturated carbocycles. The number of nitriles is 1. The van der Waals surface area contributed by atoms with Gasteiger partial charge in [0, 0.05) is 15.1 Å². The predicted molar refractivity (Wildman–Crippen MR) is 77.2 cm³/mol. The molecule has 0 aliphatic carbocycles. The summed E-state index contributed by atoms with van der Waals surface area (Å²) in [5.74, 6) is 0.750. The minimum atomic E-state index is -0.455. The summed E-state index contributed by atoms with van der Waals surface area (Å²) in [4.78, 5) is 1.18. The van der Waals surface area contributed by atoms with Crippen LogP contribution in [0.15, 0.2) is 33.6 Å². The van der Waals surface area contributed by atoms with Gasteiger partial charge in [0.25, 0.3) is 0 Å². The number of nitrogens with zero attached hydrogens (tertiary/aromatic N) is 1. The van der Waals surface area contributed by atoms with Gasteiger partial charge in [-0.15, -0.1) is 11.8 Å². The SMILES string of the molecule is CCCNC(C)(C#N)CSc1cccc(Br)c1. The Hall–Kier alpha value is -0.500. The highest BCUT2D eigenvalue weighted by molar-refractivity contribution is 9.10. The molecule has 0 bridgehead atoms. The second kappa shape index (κ2) is 7.05. The monoisotopic (exact) mass is 312 g/mol. The van der Waals surface area contributed by atoms with Crippen molar-refractivity contribution in [3.05, 3.63) is 28.7 Å². The van der Waals surface area contributed by atoms with Crippen LogP contribution in [-0.2, 0) is 0 Å². The van der Waals surface area contributed by atoms with E-state index in [1.54, 1.807) is 11.8 Å². The molecule has 0 aromatic heterocycles. The van der Waals surface area contributed by atoms with E-state index >= 15 is 0 Å². The fourth-order valence-electron chi connectivity index (χ4n) is 1.31. The first kappa shape index (κ1) is 14.6. The van der Waals surface area contributed by atoms with Crippen LogP contribution in [0, 0.1) is 11.3 Å². The Labute approximate surface area is 116 Å². The zero-order valence-corrected chi connectivity index (χ0v) is 12.6. The molecule has 0 aliphatic rings. The molecule has 0 aliphatic heterocycles. The maximum absolute atomic E-state index is 9.21. The molecule has 1 aromatic rings. The summed E-state index contributed by atoms with van der Waals surface area (Å²) in [5, 5.41) is 12.5. The summed E-state index contributed by atoms with van der Waals surface area (Å²) in [7, 11) is 0. The molecule has 92 valence electrons. The Bertz CT molecular complexity index is 403. The molecular formula is C13H17BrN2S. The summed E-state index contributed by atoms with van der Waals surface area (Å²) in [6.07, 6.45) is 1.04. The van der Waals surface area contributed by atoms with Crippen molar-refractivity contribution in [2.45, 2.75) is 30.7 Å². The lowest BCUT2D eigenvalue weighted by atomic mass is 10.1. The van der Waals surface area contributed by atoms with Crippen LogP contribution in [0.5, 0.6) is 0 Å². The summed E-state index contributed by atoms with van der Waals surface area (Å²) < 4.78 is 1.07. The molecule has 0 spiro atoms. The summed E-state index contributed by atoms with van der Waals surface area (Å²) in [6.45, 7) is 4.93. The molecule has 1 aromatic carbocycles. The standard InChI is InChI=1S/C13H17BrN2S/c1-3-7-16-13(2,9-15)10-17-12-6-4-5-11(14)8-12/h4-6,8,16H,3,7,10H2,1-2H3. The first-order valence-electron chi connectivity index (χ1n) is 5.64. The van der Waals surface area contributed by atoms with Gasteiger partial charge in [-0.1, -0.05) is 28.9 Å². The first-order valence-corrected chi connectivity index (χ1v) is 7.42. The minimum Gasteiger partial charge on any atom is -0.299 e.